The van der Waals surface area contributed by atoms with Gasteiger partial charge in [-0.1, -0.05) is 44.3 Å². The van der Waals surface area contributed by atoms with Crippen molar-refractivity contribution in [1.82, 2.24) is 4.90 Å². The van der Waals surface area contributed by atoms with Crippen LogP contribution in [0.1, 0.15) is 25.0 Å². The average molecular weight is 222 g/mol. The Morgan fingerprint density at radius 3 is 2.53 bits per heavy atom. The number of rotatable bonds is 5. The lowest BCUT2D eigenvalue weighted by atomic mass is 10.1. The van der Waals surface area contributed by atoms with Gasteiger partial charge in [-0.3, -0.25) is 4.90 Å². The Hall–Kier alpha value is -0.930. The largest absolute Gasteiger partial charge is 0.389 e. The van der Waals surface area contributed by atoms with Crippen molar-refractivity contribution in [3.05, 3.63) is 35.4 Å². The summed E-state index contributed by atoms with van der Waals surface area (Å²) in [5, 5.41) is 0. The van der Waals surface area contributed by atoms with E-state index in [9.17, 15) is 0 Å². The molecule has 2 nitrogen and oxygen atoms in total. The second-order valence-corrected chi connectivity index (χ2v) is 3.97. The predicted molar refractivity (Wildman–Crippen MR) is 69.0 cm³/mol. The molecular formula is C12H18N2S. The molecule has 0 unspecified atom stereocenters. The van der Waals surface area contributed by atoms with Crippen molar-refractivity contribution < 1.29 is 0 Å². The molecule has 0 aliphatic heterocycles. The maximum Gasteiger partial charge on any atom is 0.103 e. The molecule has 0 heterocycles. The zero-order valence-corrected chi connectivity index (χ0v) is 10.2. The van der Waals surface area contributed by atoms with Crippen LogP contribution in [0.2, 0.25) is 0 Å². The van der Waals surface area contributed by atoms with Gasteiger partial charge in [-0.25, -0.2) is 0 Å². The highest BCUT2D eigenvalue weighted by molar-refractivity contribution is 7.80. The molecule has 1 aromatic rings. The van der Waals surface area contributed by atoms with Crippen LogP contribution in [-0.2, 0) is 6.54 Å². The van der Waals surface area contributed by atoms with Crippen LogP contribution in [0.15, 0.2) is 24.3 Å². The van der Waals surface area contributed by atoms with Gasteiger partial charge in [0.15, 0.2) is 0 Å². The van der Waals surface area contributed by atoms with E-state index in [0.29, 0.717) is 4.99 Å². The fourth-order valence-electron chi connectivity index (χ4n) is 1.53. The van der Waals surface area contributed by atoms with E-state index in [1.54, 1.807) is 0 Å². The second kappa shape index (κ2) is 5.83. The standard InChI is InChI=1S/C12H18N2S/c1-3-14(4-2)9-10-6-5-7-11(8-10)12(13)15/h5-8H,3-4,9H2,1-2H3,(H2,13,15). The SMILES string of the molecule is CCN(CC)Cc1cccc(C(N)=S)c1. The molecule has 0 aromatic heterocycles. The summed E-state index contributed by atoms with van der Waals surface area (Å²) in [5.41, 5.74) is 7.82. The van der Waals surface area contributed by atoms with E-state index in [0.717, 1.165) is 25.2 Å². The summed E-state index contributed by atoms with van der Waals surface area (Å²) in [7, 11) is 0. The van der Waals surface area contributed by atoms with E-state index in [-0.39, 0.29) is 0 Å². The summed E-state index contributed by atoms with van der Waals surface area (Å²) >= 11 is 4.96. The summed E-state index contributed by atoms with van der Waals surface area (Å²) in [6.07, 6.45) is 0. The molecule has 82 valence electrons. The maximum atomic E-state index is 5.60. The molecule has 3 heteroatoms. The third-order valence-corrected chi connectivity index (χ3v) is 2.75. The van der Waals surface area contributed by atoms with Crippen LogP contribution in [0.4, 0.5) is 0 Å². The highest BCUT2D eigenvalue weighted by Gasteiger charge is 2.02. The zero-order valence-electron chi connectivity index (χ0n) is 9.36. The van der Waals surface area contributed by atoms with Crippen LogP contribution in [0.3, 0.4) is 0 Å². The molecule has 0 fully saturated rings. The van der Waals surface area contributed by atoms with Gasteiger partial charge < -0.3 is 5.73 Å². The molecule has 0 aliphatic carbocycles. The number of thiocarbonyl (C=S) groups is 1. The lowest BCUT2D eigenvalue weighted by Crippen LogP contribution is -2.22. The molecule has 0 aliphatic rings. The summed E-state index contributed by atoms with van der Waals surface area (Å²) in [6.45, 7) is 7.42. The topological polar surface area (TPSA) is 29.3 Å². The van der Waals surface area contributed by atoms with Gasteiger partial charge in [-0.05, 0) is 24.7 Å². The van der Waals surface area contributed by atoms with Crippen molar-refractivity contribution in [2.45, 2.75) is 20.4 Å². The van der Waals surface area contributed by atoms with Crippen molar-refractivity contribution in [2.24, 2.45) is 5.73 Å². The van der Waals surface area contributed by atoms with E-state index in [1.807, 2.05) is 12.1 Å². The number of benzene rings is 1. The molecule has 0 bridgehead atoms. The Labute approximate surface area is 97.1 Å². The predicted octanol–water partition coefficient (Wildman–Crippen LogP) is 2.16. The van der Waals surface area contributed by atoms with Crippen molar-refractivity contribution >= 4 is 17.2 Å². The van der Waals surface area contributed by atoms with Gasteiger partial charge in [0.25, 0.3) is 0 Å². The highest BCUT2D eigenvalue weighted by atomic mass is 32.1. The smallest absolute Gasteiger partial charge is 0.103 e. The molecule has 0 saturated carbocycles. The summed E-state index contributed by atoms with van der Waals surface area (Å²) in [6, 6.07) is 8.14. The molecular weight excluding hydrogens is 204 g/mol. The van der Waals surface area contributed by atoms with E-state index in [1.165, 1.54) is 5.56 Å². The number of hydrogen-bond donors (Lipinski definition) is 1. The average Bonchev–Trinajstić information content (AvgIpc) is 2.26. The van der Waals surface area contributed by atoms with Crippen LogP contribution < -0.4 is 5.73 Å². The van der Waals surface area contributed by atoms with Gasteiger partial charge in [-0.15, -0.1) is 0 Å². The van der Waals surface area contributed by atoms with Crippen LogP contribution >= 0.6 is 12.2 Å². The Balaban J connectivity index is 2.77. The van der Waals surface area contributed by atoms with Crippen molar-refractivity contribution in [1.29, 1.82) is 0 Å². The van der Waals surface area contributed by atoms with Crippen LogP contribution in [-0.4, -0.2) is 23.0 Å². The Bertz CT molecular complexity index is 332. The number of nitrogens with two attached hydrogens (primary N) is 1. The minimum atomic E-state index is 0.469. The van der Waals surface area contributed by atoms with E-state index in [4.69, 9.17) is 18.0 Å². The maximum absolute atomic E-state index is 5.60. The third-order valence-electron chi connectivity index (χ3n) is 2.51. The molecule has 2 N–H and O–H groups in total. The van der Waals surface area contributed by atoms with Crippen molar-refractivity contribution in [3.63, 3.8) is 0 Å². The molecule has 0 amide bonds. The minimum Gasteiger partial charge on any atom is -0.389 e. The molecule has 0 spiro atoms. The fraction of sp³-hybridized carbons (Fsp3) is 0.417. The zero-order chi connectivity index (χ0) is 11.3. The van der Waals surface area contributed by atoms with E-state index < -0.39 is 0 Å². The second-order valence-electron chi connectivity index (χ2n) is 3.53. The highest BCUT2D eigenvalue weighted by Crippen LogP contribution is 2.08. The quantitative estimate of drug-likeness (QED) is 0.774. The Kier molecular flexibility index (Phi) is 4.72. The Morgan fingerprint density at radius 2 is 2.00 bits per heavy atom. The first-order valence-corrected chi connectivity index (χ1v) is 5.69. The van der Waals surface area contributed by atoms with Gasteiger partial charge in [-0.2, -0.15) is 0 Å². The number of nitrogens with zero attached hydrogens (tertiary/aromatic N) is 1. The first-order valence-electron chi connectivity index (χ1n) is 5.28. The number of hydrogen-bond acceptors (Lipinski definition) is 2. The monoisotopic (exact) mass is 222 g/mol. The van der Waals surface area contributed by atoms with Gasteiger partial charge in [0.1, 0.15) is 4.99 Å². The first kappa shape index (κ1) is 12.1. The van der Waals surface area contributed by atoms with Crippen molar-refractivity contribution in [3.8, 4) is 0 Å². The minimum absolute atomic E-state index is 0.469. The van der Waals surface area contributed by atoms with Gasteiger partial charge >= 0.3 is 0 Å². The molecule has 1 aromatic carbocycles. The first-order chi connectivity index (χ1) is 7.17. The molecule has 0 atom stereocenters. The lowest BCUT2D eigenvalue weighted by Gasteiger charge is -2.18. The van der Waals surface area contributed by atoms with Crippen molar-refractivity contribution in [2.75, 3.05) is 13.1 Å². The summed E-state index contributed by atoms with van der Waals surface area (Å²) in [4.78, 5) is 2.83. The summed E-state index contributed by atoms with van der Waals surface area (Å²) < 4.78 is 0. The van der Waals surface area contributed by atoms with Gasteiger partial charge in [0.05, 0.1) is 0 Å². The van der Waals surface area contributed by atoms with Crippen LogP contribution in [0.5, 0.6) is 0 Å². The van der Waals surface area contributed by atoms with Crippen LogP contribution in [0.25, 0.3) is 0 Å². The fourth-order valence-corrected chi connectivity index (χ4v) is 1.66. The van der Waals surface area contributed by atoms with E-state index >= 15 is 0 Å². The molecule has 15 heavy (non-hydrogen) atoms. The summed E-state index contributed by atoms with van der Waals surface area (Å²) in [5.74, 6) is 0. The van der Waals surface area contributed by atoms with Gasteiger partial charge in [0, 0.05) is 12.1 Å². The Morgan fingerprint density at radius 1 is 1.33 bits per heavy atom. The normalized spacial score (nSPS) is 10.6. The van der Waals surface area contributed by atoms with E-state index in [2.05, 4.69) is 30.9 Å². The van der Waals surface area contributed by atoms with Crippen LogP contribution in [0, 0.1) is 0 Å². The van der Waals surface area contributed by atoms with Gasteiger partial charge in [0.2, 0.25) is 0 Å². The molecule has 0 saturated heterocycles. The molecule has 0 radical (unpaired) electrons. The lowest BCUT2D eigenvalue weighted by molar-refractivity contribution is 0.296. The third kappa shape index (κ3) is 3.61. The molecule has 1 rings (SSSR count).